The van der Waals surface area contributed by atoms with Gasteiger partial charge in [-0.15, -0.1) is 0 Å². The van der Waals surface area contributed by atoms with Crippen LogP contribution in [0.15, 0.2) is 48.5 Å². The third-order valence-corrected chi connectivity index (χ3v) is 6.17. The lowest BCUT2D eigenvalue weighted by Crippen LogP contribution is -2.51. The van der Waals surface area contributed by atoms with Crippen molar-refractivity contribution in [2.24, 2.45) is 0 Å². The van der Waals surface area contributed by atoms with Crippen LogP contribution >= 0.6 is 23.4 Å². The number of hydrogen-bond donors (Lipinski definition) is 2. The minimum absolute atomic E-state index is 0.204. The number of urea groups is 1. The van der Waals surface area contributed by atoms with E-state index in [1.165, 1.54) is 0 Å². The maximum absolute atomic E-state index is 13.0. The molecule has 7 nitrogen and oxygen atoms in total. The van der Waals surface area contributed by atoms with E-state index in [0.29, 0.717) is 37.0 Å². The third-order valence-electron chi connectivity index (χ3n) is 5.27. The number of fused-ring (bicyclic) bond motifs is 3. The minimum atomic E-state index is -0.620. The lowest BCUT2D eigenvalue weighted by atomic mass is 10.2. The van der Waals surface area contributed by atoms with Crippen LogP contribution in [0.3, 0.4) is 0 Å². The first kappa shape index (κ1) is 21.5. The molecule has 2 heterocycles. The molecule has 1 aromatic heterocycles. The van der Waals surface area contributed by atoms with Crippen molar-refractivity contribution in [1.29, 1.82) is 0 Å². The Bertz CT molecular complexity index is 1090. The Balaban J connectivity index is 1.43. The van der Waals surface area contributed by atoms with Crippen molar-refractivity contribution >= 4 is 52.3 Å². The monoisotopic (exact) mass is 457 g/mol. The molecule has 1 aliphatic heterocycles. The van der Waals surface area contributed by atoms with E-state index in [9.17, 15) is 9.59 Å². The second-order valence-corrected chi connectivity index (χ2v) is 8.75. The summed E-state index contributed by atoms with van der Waals surface area (Å²) < 4.78 is 2.03. The second-order valence-electron chi connectivity index (χ2n) is 7.33. The van der Waals surface area contributed by atoms with E-state index >= 15 is 0 Å². The highest BCUT2D eigenvalue weighted by Crippen LogP contribution is 2.27. The van der Waals surface area contributed by atoms with Gasteiger partial charge in [-0.05, 0) is 48.3 Å². The van der Waals surface area contributed by atoms with Crippen LogP contribution in [0.4, 0.5) is 10.7 Å². The number of benzene rings is 2. The fraction of sp³-hybridized carbons (Fsp3) is 0.318. The maximum Gasteiger partial charge on any atom is 0.324 e. The zero-order chi connectivity index (χ0) is 21.8. The predicted molar refractivity (Wildman–Crippen MR) is 126 cm³/mol. The van der Waals surface area contributed by atoms with Gasteiger partial charge in [0.2, 0.25) is 11.9 Å². The zero-order valence-electron chi connectivity index (χ0n) is 17.2. The molecule has 1 atom stereocenters. The number of amides is 3. The van der Waals surface area contributed by atoms with Crippen molar-refractivity contribution in [1.82, 2.24) is 20.2 Å². The van der Waals surface area contributed by atoms with Crippen molar-refractivity contribution in [3.05, 3.63) is 59.1 Å². The molecule has 3 amide bonds. The number of carbonyl (C=O) groups is 2. The molecule has 2 aromatic carbocycles. The number of imidazole rings is 1. The molecule has 0 spiro atoms. The number of hydrogen-bond acceptors (Lipinski definition) is 4. The number of para-hydroxylation sites is 2. The summed E-state index contributed by atoms with van der Waals surface area (Å²) in [7, 11) is 0. The van der Waals surface area contributed by atoms with E-state index in [4.69, 9.17) is 11.6 Å². The summed E-state index contributed by atoms with van der Waals surface area (Å²) in [6.07, 6.45) is 2.52. The Morgan fingerprint density at radius 2 is 1.94 bits per heavy atom. The summed E-state index contributed by atoms with van der Waals surface area (Å²) in [5.41, 5.74) is 2.81. The molecular formula is C22H24ClN5O2S. The Hall–Kier alpha value is -2.71. The van der Waals surface area contributed by atoms with Crippen molar-refractivity contribution in [2.75, 3.05) is 23.5 Å². The smallest absolute Gasteiger partial charge is 0.324 e. The van der Waals surface area contributed by atoms with Crippen LogP contribution in [0.5, 0.6) is 0 Å². The van der Waals surface area contributed by atoms with E-state index in [0.717, 1.165) is 22.3 Å². The standard InChI is InChI=1S/C22H24ClN5O2S/c1-31-13-10-18(20(29)24-14-15-6-8-16(23)9-7-15)26-22(30)28-12-11-27-19-5-3-2-4-17(19)25-21(27)28/h2-9,18H,10-14H2,1H3,(H,24,29)(H,26,30). The Morgan fingerprint density at radius 1 is 1.16 bits per heavy atom. The molecule has 0 saturated heterocycles. The fourth-order valence-electron chi connectivity index (χ4n) is 3.63. The van der Waals surface area contributed by atoms with Crippen LogP contribution in [0.25, 0.3) is 11.0 Å². The molecule has 0 radical (unpaired) electrons. The molecule has 1 unspecified atom stereocenters. The van der Waals surface area contributed by atoms with E-state index in [-0.39, 0.29) is 11.9 Å². The molecule has 9 heteroatoms. The quantitative estimate of drug-likeness (QED) is 0.567. The number of halogens is 1. The Kier molecular flexibility index (Phi) is 6.67. The summed E-state index contributed by atoms with van der Waals surface area (Å²) in [4.78, 5) is 32.1. The molecule has 0 aliphatic carbocycles. The summed E-state index contributed by atoms with van der Waals surface area (Å²) in [5.74, 6) is 1.17. The van der Waals surface area contributed by atoms with Crippen molar-refractivity contribution in [2.45, 2.75) is 25.6 Å². The fourth-order valence-corrected chi connectivity index (χ4v) is 4.23. The second kappa shape index (κ2) is 9.62. The Morgan fingerprint density at radius 3 is 2.71 bits per heavy atom. The van der Waals surface area contributed by atoms with Gasteiger partial charge in [0.1, 0.15) is 6.04 Å². The summed E-state index contributed by atoms with van der Waals surface area (Å²) >= 11 is 7.55. The number of nitrogens with zero attached hydrogens (tertiary/aromatic N) is 3. The highest BCUT2D eigenvalue weighted by atomic mass is 35.5. The third kappa shape index (κ3) is 4.80. The number of thioether (sulfide) groups is 1. The average molecular weight is 458 g/mol. The SMILES string of the molecule is CSCCC(NC(=O)N1CCn2c1nc1ccccc12)C(=O)NCc1ccc(Cl)cc1. The number of aromatic nitrogens is 2. The van der Waals surface area contributed by atoms with Gasteiger partial charge in [-0.1, -0.05) is 35.9 Å². The molecule has 2 N–H and O–H groups in total. The maximum atomic E-state index is 13.0. The lowest BCUT2D eigenvalue weighted by Gasteiger charge is -2.22. The molecule has 3 aromatic rings. The van der Waals surface area contributed by atoms with Gasteiger partial charge in [-0.3, -0.25) is 9.69 Å². The van der Waals surface area contributed by atoms with Crippen molar-refractivity contribution in [3.63, 3.8) is 0 Å². The number of rotatable bonds is 7. The molecule has 0 saturated carbocycles. The largest absolute Gasteiger partial charge is 0.350 e. The van der Waals surface area contributed by atoms with Crippen LogP contribution in [-0.2, 0) is 17.9 Å². The summed E-state index contributed by atoms with van der Waals surface area (Å²) in [6.45, 7) is 1.59. The molecule has 1 aliphatic rings. The average Bonchev–Trinajstić information content (AvgIpc) is 3.35. The molecule has 0 bridgehead atoms. The van der Waals surface area contributed by atoms with Gasteiger partial charge in [-0.25, -0.2) is 9.78 Å². The highest BCUT2D eigenvalue weighted by Gasteiger charge is 2.31. The zero-order valence-corrected chi connectivity index (χ0v) is 18.7. The number of nitrogens with one attached hydrogen (secondary N) is 2. The molecule has 31 heavy (non-hydrogen) atoms. The van der Waals surface area contributed by atoms with E-state index in [2.05, 4.69) is 15.6 Å². The van der Waals surface area contributed by atoms with Gasteiger partial charge >= 0.3 is 6.03 Å². The van der Waals surface area contributed by atoms with Crippen LogP contribution in [0.1, 0.15) is 12.0 Å². The Labute approximate surface area is 190 Å². The van der Waals surface area contributed by atoms with Gasteiger partial charge in [0, 0.05) is 24.7 Å². The van der Waals surface area contributed by atoms with Gasteiger partial charge < -0.3 is 15.2 Å². The van der Waals surface area contributed by atoms with Crippen LogP contribution in [0, 0.1) is 0 Å². The molecule has 4 rings (SSSR count). The predicted octanol–water partition coefficient (Wildman–Crippen LogP) is 3.66. The normalized spacial score (nSPS) is 13.8. The topological polar surface area (TPSA) is 79.3 Å². The summed E-state index contributed by atoms with van der Waals surface area (Å²) in [5, 5.41) is 6.48. The van der Waals surface area contributed by atoms with Crippen LogP contribution in [0.2, 0.25) is 5.02 Å². The van der Waals surface area contributed by atoms with Crippen LogP contribution < -0.4 is 15.5 Å². The van der Waals surface area contributed by atoms with E-state index in [1.54, 1.807) is 28.8 Å². The molecular weight excluding hydrogens is 434 g/mol. The first-order valence-electron chi connectivity index (χ1n) is 10.1. The first-order chi connectivity index (χ1) is 15.1. The lowest BCUT2D eigenvalue weighted by molar-refractivity contribution is -0.123. The minimum Gasteiger partial charge on any atom is -0.350 e. The number of carbonyl (C=O) groups excluding carboxylic acids is 2. The highest BCUT2D eigenvalue weighted by molar-refractivity contribution is 7.98. The molecule has 0 fully saturated rings. The van der Waals surface area contributed by atoms with E-state index in [1.807, 2.05) is 47.2 Å². The van der Waals surface area contributed by atoms with E-state index < -0.39 is 6.04 Å². The molecule has 162 valence electrons. The van der Waals surface area contributed by atoms with Gasteiger partial charge in [0.25, 0.3) is 0 Å². The number of anilines is 1. The van der Waals surface area contributed by atoms with Crippen LogP contribution in [-0.4, -0.2) is 46.1 Å². The summed E-state index contributed by atoms with van der Waals surface area (Å²) in [6, 6.07) is 14.2. The van der Waals surface area contributed by atoms with Gasteiger partial charge in [0.05, 0.1) is 11.0 Å². The van der Waals surface area contributed by atoms with Crippen molar-refractivity contribution in [3.8, 4) is 0 Å². The first-order valence-corrected chi connectivity index (χ1v) is 11.9. The van der Waals surface area contributed by atoms with Crippen molar-refractivity contribution < 1.29 is 9.59 Å². The van der Waals surface area contributed by atoms with Gasteiger partial charge in [0.15, 0.2) is 0 Å². The van der Waals surface area contributed by atoms with Gasteiger partial charge in [-0.2, -0.15) is 11.8 Å².